The molecule has 0 aliphatic carbocycles. The summed E-state index contributed by atoms with van der Waals surface area (Å²) in [5.74, 6) is -1.14. The van der Waals surface area contributed by atoms with Crippen LogP contribution in [0.5, 0.6) is 5.75 Å². The number of methoxy groups -OCH3 is 1. The van der Waals surface area contributed by atoms with E-state index in [0.717, 1.165) is 30.5 Å². The zero-order valence-electron chi connectivity index (χ0n) is 23.3. The molecule has 4 rings (SSSR count). The van der Waals surface area contributed by atoms with Gasteiger partial charge >= 0.3 is 6.09 Å². The molecule has 0 unspecified atom stereocenters. The lowest BCUT2D eigenvalue weighted by molar-refractivity contribution is 0.0204. The highest BCUT2D eigenvalue weighted by Crippen LogP contribution is 2.32. The predicted octanol–water partition coefficient (Wildman–Crippen LogP) is 4.63. The summed E-state index contributed by atoms with van der Waals surface area (Å²) in [7, 11) is -2.89. The normalized spacial score (nSPS) is 14.4. The zero-order chi connectivity index (χ0) is 29.8. The van der Waals surface area contributed by atoms with E-state index in [1.165, 1.54) is 25.3 Å². The number of hydrogen-bond donors (Lipinski definition) is 2. The van der Waals surface area contributed by atoms with E-state index >= 15 is 0 Å². The third kappa shape index (κ3) is 7.59. The lowest BCUT2D eigenvalue weighted by atomic mass is 9.89. The molecule has 1 aliphatic heterocycles. The molecule has 218 valence electrons. The molecule has 41 heavy (non-hydrogen) atoms. The fraction of sp³-hybridized carbons (Fsp3) is 0.345. The Morgan fingerprint density at radius 3 is 2.41 bits per heavy atom. The van der Waals surface area contributed by atoms with Crippen LogP contribution in [0.25, 0.3) is 11.3 Å². The van der Waals surface area contributed by atoms with Crippen LogP contribution in [0.15, 0.2) is 65.7 Å². The Hall–Kier alpha value is -4.03. The van der Waals surface area contributed by atoms with Gasteiger partial charge in [-0.2, -0.15) is 0 Å². The number of likely N-dealkylation sites (tertiary alicyclic amines) is 1. The molecule has 1 fully saturated rings. The van der Waals surface area contributed by atoms with Gasteiger partial charge in [0, 0.05) is 30.4 Å². The second kappa shape index (κ2) is 12.2. The van der Waals surface area contributed by atoms with Crippen LogP contribution in [0.3, 0.4) is 0 Å². The van der Waals surface area contributed by atoms with Crippen LogP contribution in [0.2, 0.25) is 0 Å². The Morgan fingerprint density at radius 1 is 1.05 bits per heavy atom. The summed E-state index contributed by atoms with van der Waals surface area (Å²) in [4.78, 5) is 32.8. The van der Waals surface area contributed by atoms with Crippen LogP contribution < -0.4 is 15.0 Å². The molecule has 12 heteroatoms. The Morgan fingerprint density at radius 2 is 1.76 bits per heavy atom. The van der Waals surface area contributed by atoms with Crippen molar-refractivity contribution in [3.05, 3.63) is 77.7 Å². The van der Waals surface area contributed by atoms with Crippen molar-refractivity contribution in [1.82, 2.24) is 20.1 Å². The third-order valence-corrected chi connectivity index (χ3v) is 7.81. The minimum absolute atomic E-state index is 0.105. The van der Waals surface area contributed by atoms with E-state index in [4.69, 9.17) is 9.47 Å². The number of aromatic nitrogens is 1. The van der Waals surface area contributed by atoms with Crippen molar-refractivity contribution in [2.75, 3.05) is 20.2 Å². The lowest BCUT2D eigenvalue weighted by Crippen LogP contribution is -2.41. The maximum Gasteiger partial charge on any atom is 0.410 e. The summed E-state index contributed by atoms with van der Waals surface area (Å²) in [5.41, 5.74) is 3.90. The number of carbonyl (C=O) groups excluding carboxylic acids is 2. The van der Waals surface area contributed by atoms with E-state index in [1.54, 1.807) is 23.2 Å². The Labute approximate surface area is 238 Å². The number of piperidine rings is 1. The van der Waals surface area contributed by atoms with Crippen molar-refractivity contribution >= 4 is 22.0 Å². The van der Waals surface area contributed by atoms with E-state index in [1.807, 2.05) is 37.7 Å². The standard InChI is InChI=1S/C29H33FN4O6S/c1-29(2,3)40-28(36)34-13-10-19(11-14-34)20-9-12-31-25(18-20)21-15-22(17-23(16-21)39-4)27(35)32-33-41(37,38)26-8-6-5-7-24(26)30/h5-9,12,15-19,33H,10-11,13-14H2,1-4H3,(H,32,35). The first-order chi connectivity index (χ1) is 19.4. The van der Waals surface area contributed by atoms with Crippen molar-refractivity contribution < 1.29 is 31.9 Å². The summed E-state index contributed by atoms with van der Waals surface area (Å²) in [6.45, 7) is 6.67. The van der Waals surface area contributed by atoms with Crippen LogP contribution in [0, 0.1) is 5.82 Å². The van der Waals surface area contributed by atoms with Crippen molar-refractivity contribution in [2.45, 2.75) is 50.0 Å². The highest BCUT2D eigenvalue weighted by molar-refractivity contribution is 7.89. The van der Waals surface area contributed by atoms with Gasteiger partial charge in [-0.25, -0.2) is 17.6 Å². The van der Waals surface area contributed by atoms with Gasteiger partial charge in [0.25, 0.3) is 15.9 Å². The number of sulfonamides is 1. The number of benzene rings is 2. The number of halogens is 1. The van der Waals surface area contributed by atoms with Crippen molar-refractivity contribution in [2.24, 2.45) is 0 Å². The summed E-state index contributed by atoms with van der Waals surface area (Å²) < 4.78 is 49.8. The molecule has 0 bridgehead atoms. The summed E-state index contributed by atoms with van der Waals surface area (Å²) >= 11 is 0. The van der Waals surface area contributed by atoms with Gasteiger partial charge in [0.15, 0.2) is 0 Å². The molecule has 2 N–H and O–H groups in total. The molecular formula is C29H33FN4O6S. The fourth-order valence-corrected chi connectivity index (χ4v) is 5.40. The molecule has 3 aromatic rings. The van der Waals surface area contributed by atoms with Gasteiger partial charge in [-0.3, -0.25) is 15.2 Å². The minimum atomic E-state index is -4.34. The van der Waals surface area contributed by atoms with Gasteiger partial charge < -0.3 is 14.4 Å². The van der Waals surface area contributed by atoms with Crippen LogP contribution in [-0.2, 0) is 14.8 Å². The zero-order valence-corrected chi connectivity index (χ0v) is 24.1. The Kier molecular flexibility index (Phi) is 8.93. The number of hydrazine groups is 1. The molecular weight excluding hydrogens is 551 g/mol. The van der Waals surface area contributed by atoms with Crippen LogP contribution in [0.1, 0.15) is 55.5 Å². The molecule has 1 aliphatic rings. The number of hydrogen-bond acceptors (Lipinski definition) is 7. The van der Waals surface area contributed by atoms with Gasteiger partial charge in [-0.15, -0.1) is 4.83 Å². The highest BCUT2D eigenvalue weighted by atomic mass is 32.2. The second-order valence-electron chi connectivity index (χ2n) is 10.7. The number of nitrogens with one attached hydrogen (secondary N) is 2. The maximum atomic E-state index is 14.0. The molecule has 10 nitrogen and oxygen atoms in total. The van der Waals surface area contributed by atoms with E-state index in [2.05, 4.69) is 10.4 Å². The van der Waals surface area contributed by atoms with Crippen molar-refractivity contribution in [1.29, 1.82) is 0 Å². The number of amides is 2. The largest absolute Gasteiger partial charge is 0.497 e. The van der Waals surface area contributed by atoms with Crippen LogP contribution >= 0.6 is 0 Å². The average molecular weight is 585 g/mol. The van der Waals surface area contributed by atoms with Crippen molar-refractivity contribution in [3.8, 4) is 17.0 Å². The predicted molar refractivity (Wildman–Crippen MR) is 150 cm³/mol. The Bertz CT molecular complexity index is 1530. The quantitative estimate of drug-likeness (QED) is 0.388. The number of nitrogens with zero attached hydrogens (tertiary/aromatic N) is 2. The van der Waals surface area contributed by atoms with Crippen LogP contribution in [0.4, 0.5) is 9.18 Å². The van der Waals surface area contributed by atoms with E-state index in [0.29, 0.717) is 30.1 Å². The maximum absolute atomic E-state index is 14.0. The van der Waals surface area contributed by atoms with Gasteiger partial charge in [0.05, 0.1) is 12.8 Å². The number of ether oxygens (including phenoxy) is 2. The summed E-state index contributed by atoms with van der Waals surface area (Å²) in [5, 5.41) is 0. The minimum Gasteiger partial charge on any atom is -0.497 e. The SMILES string of the molecule is COc1cc(C(=O)NNS(=O)(=O)c2ccccc2F)cc(-c2cc(C3CCN(C(=O)OC(C)(C)C)CC3)ccn2)c1. The summed E-state index contributed by atoms with van der Waals surface area (Å²) in [6.07, 6.45) is 2.89. The molecule has 2 amide bonds. The second-order valence-corrected chi connectivity index (χ2v) is 12.3. The molecule has 1 saturated heterocycles. The molecule has 0 atom stereocenters. The molecule has 0 saturated carbocycles. The first kappa shape index (κ1) is 29.9. The number of rotatable bonds is 7. The first-order valence-corrected chi connectivity index (χ1v) is 14.5. The third-order valence-electron chi connectivity index (χ3n) is 6.53. The highest BCUT2D eigenvalue weighted by Gasteiger charge is 2.28. The molecule has 2 heterocycles. The van der Waals surface area contributed by atoms with Gasteiger partial charge in [0.2, 0.25) is 0 Å². The summed E-state index contributed by atoms with van der Waals surface area (Å²) in [6, 6.07) is 13.4. The molecule has 0 radical (unpaired) electrons. The average Bonchev–Trinajstić information content (AvgIpc) is 2.95. The molecule has 1 aromatic heterocycles. The van der Waals surface area contributed by atoms with Gasteiger partial charge in [-0.05, 0) is 87.6 Å². The smallest absolute Gasteiger partial charge is 0.410 e. The lowest BCUT2D eigenvalue weighted by Gasteiger charge is -2.33. The van der Waals surface area contributed by atoms with Crippen LogP contribution in [-0.4, -0.2) is 56.1 Å². The molecule has 2 aromatic carbocycles. The number of pyridine rings is 1. The van der Waals surface area contributed by atoms with Gasteiger partial charge in [0.1, 0.15) is 22.1 Å². The topological polar surface area (TPSA) is 127 Å². The monoisotopic (exact) mass is 584 g/mol. The molecule has 0 spiro atoms. The van der Waals surface area contributed by atoms with E-state index < -0.39 is 32.2 Å². The van der Waals surface area contributed by atoms with E-state index in [9.17, 15) is 22.4 Å². The number of carbonyl (C=O) groups is 2. The van der Waals surface area contributed by atoms with Crippen molar-refractivity contribution in [3.63, 3.8) is 0 Å². The fourth-order valence-electron chi connectivity index (χ4n) is 4.48. The first-order valence-electron chi connectivity index (χ1n) is 13.1. The Balaban J connectivity index is 1.48. The van der Waals surface area contributed by atoms with Gasteiger partial charge in [-0.1, -0.05) is 12.1 Å². The van der Waals surface area contributed by atoms with E-state index in [-0.39, 0.29) is 17.6 Å².